The van der Waals surface area contributed by atoms with Crippen LogP contribution < -0.4 is 24.4 Å². The monoisotopic (exact) mass is 451 g/mol. The number of nitrogens with zero attached hydrogens (tertiary/aromatic N) is 2. The van der Waals surface area contributed by atoms with Crippen LogP contribution in [0.3, 0.4) is 0 Å². The number of nitrogens with one attached hydrogen (secondary N) is 1. The van der Waals surface area contributed by atoms with Crippen LogP contribution in [0.1, 0.15) is 0 Å². The highest BCUT2D eigenvalue weighted by Crippen LogP contribution is 2.36. The molecule has 3 aromatic rings. The average Bonchev–Trinajstić information content (AvgIpc) is 3.28. The van der Waals surface area contributed by atoms with Crippen LogP contribution in [0, 0.1) is 0 Å². The fraction of sp³-hybridized carbons (Fsp3) is 0.174. The molecule has 0 unspecified atom stereocenters. The largest absolute Gasteiger partial charge is 0.497 e. The van der Waals surface area contributed by atoms with Gasteiger partial charge in [-0.05, 0) is 30.3 Å². The van der Waals surface area contributed by atoms with Crippen molar-refractivity contribution in [3.63, 3.8) is 0 Å². The lowest BCUT2D eigenvalue weighted by Crippen LogP contribution is -2.38. The van der Waals surface area contributed by atoms with Gasteiger partial charge in [-0.1, -0.05) is 12.1 Å². The van der Waals surface area contributed by atoms with Crippen molar-refractivity contribution in [2.24, 2.45) is 0 Å². The topological polar surface area (TPSA) is 90.0 Å². The molecule has 1 aliphatic heterocycles. The van der Waals surface area contributed by atoms with Gasteiger partial charge in [0.05, 0.1) is 18.5 Å². The number of aromatic nitrogens is 1. The van der Waals surface area contributed by atoms with E-state index >= 15 is 0 Å². The highest BCUT2D eigenvalue weighted by molar-refractivity contribution is 7.14. The second-order valence-corrected chi connectivity index (χ2v) is 7.68. The Labute approximate surface area is 189 Å². The first-order valence-corrected chi connectivity index (χ1v) is 10.7. The molecule has 1 aliphatic rings. The smallest absolute Gasteiger partial charge is 0.265 e. The maximum Gasteiger partial charge on any atom is 0.265 e. The molecule has 0 saturated carbocycles. The number of carbonyl (C=O) groups excluding carboxylic acids is 2. The Bertz CT molecular complexity index is 1160. The van der Waals surface area contributed by atoms with E-state index < -0.39 is 0 Å². The summed E-state index contributed by atoms with van der Waals surface area (Å²) in [5, 5.41) is 5.03. The van der Waals surface area contributed by atoms with Crippen molar-refractivity contribution < 1.29 is 23.8 Å². The summed E-state index contributed by atoms with van der Waals surface area (Å²) in [6.07, 6.45) is 1.67. The maximum absolute atomic E-state index is 12.3. The molecule has 164 valence electrons. The molecular formula is C23H21N3O5S. The van der Waals surface area contributed by atoms with Gasteiger partial charge in [-0.3, -0.25) is 14.9 Å². The first-order chi connectivity index (χ1) is 15.6. The first kappa shape index (κ1) is 21.4. The summed E-state index contributed by atoms with van der Waals surface area (Å²) in [5.41, 5.74) is 2.16. The molecule has 0 fully saturated rings. The van der Waals surface area contributed by atoms with E-state index in [1.807, 2.05) is 23.6 Å². The Morgan fingerprint density at radius 3 is 2.97 bits per heavy atom. The molecular weight excluding hydrogens is 430 g/mol. The highest BCUT2D eigenvalue weighted by atomic mass is 32.1. The third-order valence-corrected chi connectivity index (χ3v) is 5.43. The van der Waals surface area contributed by atoms with Crippen molar-refractivity contribution in [3.8, 4) is 28.5 Å². The first-order valence-electron chi connectivity index (χ1n) is 9.78. The lowest BCUT2D eigenvalue weighted by Gasteiger charge is -2.28. The Balaban J connectivity index is 1.43. The van der Waals surface area contributed by atoms with Crippen molar-refractivity contribution in [1.82, 2.24) is 4.98 Å². The van der Waals surface area contributed by atoms with E-state index in [1.165, 1.54) is 11.3 Å². The van der Waals surface area contributed by atoms with Crippen molar-refractivity contribution in [1.29, 1.82) is 0 Å². The van der Waals surface area contributed by atoms with Crippen molar-refractivity contribution in [3.05, 3.63) is 60.5 Å². The third kappa shape index (κ3) is 4.73. The van der Waals surface area contributed by atoms with Gasteiger partial charge in [0.15, 0.2) is 18.3 Å². The molecule has 0 radical (unpaired) electrons. The predicted octanol–water partition coefficient (Wildman–Crippen LogP) is 3.75. The second-order valence-electron chi connectivity index (χ2n) is 6.82. The lowest BCUT2D eigenvalue weighted by molar-refractivity contribution is -0.121. The van der Waals surface area contributed by atoms with Crippen LogP contribution in [0.5, 0.6) is 17.2 Å². The quantitative estimate of drug-likeness (QED) is 0.525. The van der Waals surface area contributed by atoms with Crippen LogP contribution in [-0.2, 0) is 9.59 Å². The van der Waals surface area contributed by atoms with Crippen LogP contribution in [0.15, 0.2) is 60.5 Å². The molecule has 8 nitrogen and oxygen atoms in total. The zero-order valence-corrected chi connectivity index (χ0v) is 18.2. The van der Waals surface area contributed by atoms with Gasteiger partial charge < -0.3 is 19.1 Å². The molecule has 0 saturated heterocycles. The summed E-state index contributed by atoms with van der Waals surface area (Å²) in [6.45, 7) is 3.96. The van der Waals surface area contributed by atoms with Gasteiger partial charge in [0.2, 0.25) is 0 Å². The van der Waals surface area contributed by atoms with Crippen LogP contribution in [0.2, 0.25) is 0 Å². The number of hydrogen-bond acceptors (Lipinski definition) is 7. The van der Waals surface area contributed by atoms with E-state index in [9.17, 15) is 9.59 Å². The van der Waals surface area contributed by atoms with Gasteiger partial charge in [-0.2, -0.15) is 0 Å². The molecule has 0 atom stereocenters. The van der Waals surface area contributed by atoms with E-state index in [1.54, 1.807) is 42.4 Å². The maximum atomic E-state index is 12.3. The average molecular weight is 452 g/mol. The lowest BCUT2D eigenvalue weighted by atomic mass is 10.1. The zero-order valence-electron chi connectivity index (χ0n) is 17.4. The molecule has 9 heteroatoms. The second kappa shape index (κ2) is 9.52. The van der Waals surface area contributed by atoms with Crippen LogP contribution in [-0.4, -0.2) is 43.7 Å². The van der Waals surface area contributed by atoms with Crippen LogP contribution in [0.4, 0.5) is 10.8 Å². The molecule has 0 bridgehead atoms. The van der Waals surface area contributed by atoms with Crippen molar-refractivity contribution >= 4 is 34.0 Å². The van der Waals surface area contributed by atoms with Gasteiger partial charge in [-0.25, -0.2) is 4.98 Å². The van der Waals surface area contributed by atoms with E-state index in [4.69, 9.17) is 14.2 Å². The van der Waals surface area contributed by atoms with Gasteiger partial charge in [-0.15, -0.1) is 17.9 Å². The summed E-state index contributed by atoms with van der Waals surface area (Å²) >= 11 is 1.30. The molecule has 32 heavy (non-hydrogen) atoms. The summed E-state index contributed by atoms with van der Waals surface area (Å²) < 4.78 is 16.2. The van der Waals surface area contributed by atoms with Gasteiger partial charge in [0.25, 0.3) is 11.8 Å². The minimum absolute atomic E-state index is 0.00486. The number of benzene rings is 2. The molecule has 0 spiro atoms. The van der Waals surface area contributed by atoms with Crippen LogP contribution >= 0.6 is 11.3 Å². The normalized spacial score (nSPS) is 12.5. The standard InChI is InChI=1S/C23H21N3O5S/c1-3-9-26-19-10-15(7-8-20(19)31-13-22(26)28)18-14-32-23(24-18)25-21(27)12-30-17-6-4-5-16(11-17)29-2/h3-8,10-11,14H,1,9,12-13H2,2H3,(H,24,25,27). The molecule has 0 aliphatic carbocycles. The summed E-state index contributed by atoms with van der Waals surface area (Å²) in [6, 6.07) is 12.6. The van der Waals surface area contributed by atoms with E-state index in [0.29, 0.717) is 40.3 Å². The Kier molecular flexibility index (Phi) is 6.37. The van der Waals surface area contributed by atoms with E-state index in [-0.39, 0.29) is 25.0 Å². The van der Waals surface area contributed by atoms with E-state index in [0.717, 1.165) is 5.56 Å². The van der Waals surface area contributed by atoms with Gasteiger partial charge in [0, 0.05) is 23.6 Å². The number of thiazole rings is 1. The molecule has 4 rings (SSSR count). The molecule has 2 amide bonds. The van der Waals surface area contributed by atoms with Gasteiger partial charge >= 0.3 is 0 Å². The fourth-order valence-corrected chi connectivity index (χ4v) is 3.89. The fourth-order valence-electron chi connectivity index (χ4n) is 3.15. The molecule has 2 heterocycles. The predicted molar refractivity (Wildman–Crippen MR) is 123 cm³/mol. The summed E-state index contributed by atoms with van der Waals surface area (Å²) in [5.74, 6) is 1.37. The number of hydrogen-bond donors (Lipinski definition) is 1. The Hall–Kier alpha value is -3.85. The number of rotatable bonds is 8. The minimum Gasteiger partial charge on any atom is -0.497 e. The summed E-state index contributed by atoms with van der Waals surface area (Å²) in [7, 11) is 1.57. The number of fused-ring (bicyclic) bond motifs is 1. The minimum atomic E-state index is -0.324. The molecule has 1 aromatic heterocycles. The number of ether oxygens (including phenoxy) is 3. The van der Waals surface area contributed by atoms with Crippen molar-refractivity contribution in [2.75, 3.05) is 37.1 Å². The molecule has 2 aromatic carbocycles. The highest BCUT2D eigenvalue weighted by Gasteiger charge is 2.25. The van der Waals surface area contributed by atoms with E-state index in [2.05, 4.69) is 16.9 Å². The number of carbonyl (C=O) groups is 2. The number of methoxy groups -OCH3 is 1. The number of amides is 2. The molecule has 1 N–H and O–H groups in total. The number of anilines is 2. The van der Waals surface area contributed by atoms with Crippen LogP contribution in [0.25, 0.3) is 11.3 Å². The summed E-state index contributed by atoms with van der Waals surface area (Å²) in [4.78, 5) is 30.6. The Morgan fingerprint density at radius 2 is 2.16 bits per heavy atom. The van der Waals surface area contributed by atoms with Gasteiger partial charge in [0.1, 0.15) is 17.2 Å². The zero-order chi connectivity index (χ0) is 22.5. The SMILES string of the molecule is C=CCN1C(=O)COc2ccc(-c3csc(NC(=O)COc4cccc(OC)c4)n3)cc21. The van der Waals surface area contributed by atoms with Crippen molar-refractivity contribution in [2.45, 2.75) is 0 Å². The third-order valence-electron chi connectivity index (χ3n) is 4.67. The Morgan fingerprint density at radius 1 is 1.31 bits per heavy atom.